The summed E-state index contributed by atoms with van der Waals surface area (Å²) in [4.78, 5) is 36.1. The van der Waals surface area contributed by atoms with E-state index in [0.29, 0.717) is 6.54 Å². The van der Waals surface area contributed by atoms with E-state index in [4.69, 9.17) is 16.3 Å². The number of halogens is 1. The van der Waals surface area contributed by atoms with Gasteiger partial charge in [0.25, 0.3) is 5.91 Å². The zero-order chi connectivity index (χ0) is 19.3. The maximum absolute atomic E-state index is 12.1. The van der Waals surface area contributed by atoms with Gasteiger partial charge in [-0.15, -0.1) is 0 Å². The van der Waals surface area contributed by atoms with Crippen molar-refractivity contribution in [2.45, 2.75) is 24.3 Å². The molecule has 1 aliphatic rings. The Morgan fingerprint density at radius 2 is 2.15 bits per heavy atom. The highest BCUT2D eigenvalue weighted by atomic mass is 35.5. The average molecular weight is 404 g/mol. The third-order valence-corrected chi connectivity index (χ3v) is 5.20. The molecule has 0 bridgehead atoms. The molecule has 1 aliphatic heterocycles. The molecule has 3 amide bonds. The third-order valence-electron chi connectivity index (χ3n) is 3.51. The maximum atomic E-state index is 12.1. The van der Waals surface area contributed by atoms with Gasteiger partial charge in [-0.25, -0.2) is 17.9 Å². The molecule has 0 spiro atoms. The average Bonchev–Trinajstić information content (AvgIpc) is 2.99. The Labute approximate surface area is 155 Å². The first-order valence-electron chi connectivity index (χ1n) is 7.74. The van der Waals surface area contributed by atoms with Crippen molar-refractivity contribution in [3.05, 3.63) is 29.3 Å². The molecule has 11 heteroatoms. The van der Waals surface area contributed by atoms with Crippen molar-refractivity contribution in [1.82, 2.24) is 14.9 Å². The van der Waals surface area contributed by atoms with Gasteiger partial charge in [0.1, 0.15) is 0 Å². The van der Waals surface area contributed by atoms with Crippen LogP contribution >= 0.6 is 11.6 Å². The van der Waals surface area contributed by atoms with E-state index in [1.54, 1.807) is 0 Å². The van der Waals surface area contributed by atoms with E-state index in [1.807, 2.05) is 0 Å². The fourth-order valence-electron chi connectivity index (χ4n) is 2.21. The number of rotatable bonds is 7. The number of ether oxygens (including phenoxy) is 1. The van der Waals surface area contributed by atoms with E-state index in [2.05, 4.69) is 10.0 Å². The number of sulfonamides is 1. The molecule has 0 radical (unpaired) electrons. The fraction of sp³-hybridized carbons (Fsp3) is 0.400. The first-order valence-corrected chi connectivity index (χ1v) is 9.61. The lowest BCUT2D eigenvalue weighted by Gasteiger charge is -2.18. The Bertz CT molecular complexity index is 813. The van der Waals surface area contributed by atoms with Crippen LogP contribution in [0.1, 0.15) is 13.3 Å². The van der Waals surface area contributed by atoms with Crippen LogP contribution in [0.3, 0.4) is 0 Å². The first kappa shape index (κ1) is 20.1. The Morgan fingerprint density at radius 3 is 2.77 bits per heavy atom. The van der Waals surface area contributed by atoms with Crippen molar-refractivity contribution < 1.29 is 27.5 Å². The van der Waals surface area contributed by atoms with E-state index in [0.717, 1.165) is 4.90 Å². The topological polar surface area (TPSA) is 122 Å². The van der Waals surface area contributed by atoms with Crippen molar-refractivity contribution >= 4 is 39.5 Å². The number of hydrogen-bond acceptors (Lipinski definition) is 6. The fourth-order valence-corrected chi connectivity index (χ4v) is 3.55. The van der Waals surface area contributed by atoms with Crippen molar-refractivity contribution in [2.24, 2.45) is 0 Å². The lowest BCUT2D eigenvalue weighted by Crippen LogP contribution is -2.42. The minimum Gasteiger partial charge on any atom is -0.452 e. The van der Waals surface area contributed by atoms with Crippen LogP contribution in [0.2, 0.25) is 5.02 Å². The molecule has 2 rings (SSSR count). The van der Waals surface area contributed by atoms with Crippen LogP contribution in [-0.4, -0.2) is 57.0 Å². The van der Waals surface area contributed by atoms with Crippen LogP contribution in [-0.2, 0) is 24.3 Å². The molecule has 26 heavy (non-hydrogen) atoms. The Morgan fingerprint density at radius 1 is 1.42 bits per heavy atom. The molecule has 2 N–H and O–H groups in total. The molecule has 1 atom stereocenters. The largest absolute Gasteiger partial charge is 0.452 e. The Kier molecular flexibility index (Phi) is 6.57. The van der Waals surface area contributed by atoms with Gasteiger partial charge in [0.05, 0.1) is 11.3 Å². The molecule has 1 aromatic carbocycles. The number of nitrogens with one attached hydrogen (secondary N) is 2. The van der Waals surface area contributed by atoms with Crippen molar-refractivity contribution in [2.75, 3.05) is 19.6 Å². The molecule has 1 heterocycles. The minimum atomic E-state index is -3.81. The quantitative estimate of drug-likeness (QED) is 0.639. The standard InChI is InChI=1S/C15H18ClN3O6S/c1-10(14(21)19-8-7-17-15(19)22)25-13(20)5-6-18-26(23,24)12-4-2-3-11(16)9-12/h2-4,9-10,18H,5-8H2,1H3,(H,17,22). The number of carbonyl (C=O) groups excluding carboxylic acids is 3. The molecule has 0 aliphatic carbocycles. The Balaban J connectivity index is 1.81. The van der Waals surface area contributed by atoms with Crippen LogP contribution in [0.4, 0.5) is 4.79 Å². The first-order chi connectivity index (χ1) is 12.2. The highest BCUT2D eigenvalue weighted by Gasteiger charge is 2.31. The summed E-state index contributed by atoms with van der Waals surface area (Å²) in [5.74, 6) is -1.40. The maximum Gasteiger partial charge on any atom is 0.324 e. The van der Waals surface area contributed by atoms with E-state index in [9.17, 15) is 22.8 Å². The van der Waals surface area contributed by atoms with Gasteiger partial charge >= 0.3 is 12.0 Å². The zero-order valence-electron chi connectivity index (χ0n) is 13.9. The van der Waals surface area contributed by atoms with Gasteiger partial charge in [-0.2, -0.15) is 0 Å². The summed E-state index contributed by atoms with van der Waals surface area (Å²) in [5.41, 5.74) is 0. The van der Waals surface area contributed by atoms with Crippen LogP contribution in [0, 0.1) is 0 Å². The molecule has 1 saturated heterocycles. The second kappa shape index (κ2) is 8.47. The number of amides is 3. The number of esters is 1. The zero-order valence-corrected chi connectivity index (χ0v) is 15.5. The minimum absolute atomic E-state index is 0.0260. The van der Waals surface area contributed by atoms with Crippen LogP contribution in [0.25, 0.3) is 0 Å². The van der Waals surface area contributed by atoms with E-state index in [1.165, 1.54) is 31.2 Å². The predicted octanol–water partition coefficient (Wildman–Crippen LogP) is 0.492. The molecule has 0 saturated carbocycles. The summed E-state index contributed by atoms with van der Waals surface area (Å²) >= 11 is 5.76. The van der Waals surface area contributed by atoms with Crippen molar-refractivity contribution in [3.8, 4) is 0 Å². The smallest absolute Gasteiger partial charge is 0.324 e. The molecule has 1 unspecified atom stereocenters. The van der Waals surface area contributed by atoms with Gasteiger partial charge in [0.2, 0.25) is 10.0 Å². The highest BCUT2D eigenvalue weighted by Crippen LogP contribution is 2.15. The summed E-state index contributed by atoms with van der Waals surface area (Å²) in [6, 6.07) is 5.15. The van der Waals surface area contributed by atoms with Crippen molar-refractivity contribution in [1.29, 1.82) is 0 Å². The second-order valence-electron chi connectivity index (χ2n) is 5.46. The van der Waals surface area contributed by atoms with Gasteiger partial charge in [-0.1, -0.05) is 17.7 Å². The number of urea groups is 1. The number of benzene rings is 1. The van der Waals surface area contributed by atoms with Gasteiger partial charge in [-0.3, -0.25) is 14.5 Å². The molecule has 9 nitrogen and oxygen atoms in total. The summed E-state index contributed by atoms with van der Waals surface area (Å²) in [7, 11) is -3.81. The number of carbonyl (C=O) groups is 3. The second-order valence-corrected chi connectivity index (χ2v) is 7.66. The van der Waals surface area contributed by atoms with Gasteiger partial charge in [-0.05, 0) is 25.1 Å². The molecule has 142 valence electrons. The van der Waals surface area contributed by atoms with Crippen molar-refractivity contribution in [3.63, 3.8) is 0 Å². The van der Waals surface area contributed by atoms with Crippen LogP contribution in [0.15, 0.2) is 29.2 Å². The lowest BCUT2D eigenvalue weighted by atomic mass is 10.3. The van der Waals surface area contributed by atoms with Gasteiger partial charge in [0.15, 0.2) is 6.10 Å². The molecular weight excluding hydrogens is 386 g/mol. The molecule has 0 aromatic heterocycles. The molecule has 1 fully saturated rings. The van der Waals surface area contributed by atoms with Crippen LogP contribution < -0.4 is 10.0 Å². The normalized spacial score (nSPS) is 15.5. The third kappa shape index (κ3) is 5.16. The van der Waals surface area contributed by atoms with E-state index >= 15 is 0 Å². The predicted molar refractivity (Wildman–Crippen MR) is 91.9 cm³/mol. The summed E-state index contributed by atoms with van der Waals surface area (Å²) < 4.78 is 31.4. The summed E-state index contributed by atoms with van der Waals surface area (Å²) in [6.45, 7) is 1.69. The number of nitrogens with zero attached hydrogens (tertiary/aromatic N) is 1. The SMILES string of the molecule is CC(OC(=O)CCNS(=O)(=O)c1cccc(Cl)c1)C(=O)N1CCNC1=O. The number of imide groups is 1. The van der Waals surface area contributed by atoms with Crippen LogP contribution in [0.5, 0.6) is 0 Å². The van der Waals surface area contributed by atoms with E-state index < -0.39 is 34.0 Å². The van der Waals surface area contributed by atoms with E-state index in [-0.39, 0.29) is 29.4 Å². The summed E-state index contributed by atoms with van der Waals surface area (Å²) in [5, 5.41) is 2.74. The lowest BCUT2D eigenvalue weighted by molar-refractivity contribution is -0.157. The molecule has 1 aromatic rings. The Hall–Kier alpha value is -2.17. The van der Waals surface area contributed by atoms with Gasteiger partial charge in [0, 0.05) is 24.7 Å². The monoisotopic (exact) mass is 403 g/mol. The summed E-state index contributed by atoms with van der Waals surface area (Å²) in [6.07, 6.45) is -1.42. The molecular formula is C15H18ClN3O6S. The van der Waals surface area contributed by atoms with Gasteiger partial charge < -0.3 is 10.1 Å². The highest BCUT2D eigenvalue weighted by molar-refractivity contribution is 7.89. The number of hydrogen-bond donors (Lipinski definition) is 2.